The predicted molar refractivity (Wildman–Crippen MR) is 67.1 cm³/mol. The van der Waals surface area contributed by atoms with Crippen LogP contribution in [0.5, 0.6) is 5.75 Å². The molecule has 1 rings (SSSR count). The Labute approximate surface area is 110 Å². The maximum atomic E-state index is 11.8. The fraction of sp³-hybridized carbons (Fsp3) is 0.300. The normalized spacial score (nSPS) is 12.8. The Kier molecular flexibility index (Phi) is 4.42. The van der Waals surface area contributed by atoms with Crippen molar-refractivity contribution in [2.75, 3.05) is 11.8 Å². The number of carbonyl (C=O) groups is 1. The van der Waals surface area contributed by atoms with Crippen molar-refractivity contribution in [3.63, 3.8) is 0 Å². The lowest BCUT2D eigenvalue weighted by molar-refractivity contribution is -0.139. The van der Waals surface area contributed by atoms with Crippen molar-refractivity contribution in [2.45, 2.75) is 12.2 Å². The topological polar surface area (TPSA) is 92.7 Å². The van der Waals surface area contributed by atoms with Gasteiger partial charge in [0.2, 0.25) is 10.0 Å². The van der Waals surface area contributed by atoms with E-state index in [-0.39, 0.29) is 16.5 Å². The third-order valence-electron chi connectivity index (χ3n) is 2.21. The summed E-state index contributed by atoms with van der Waals surface area (Å²) in [6.07, 6.45) is 0. The molecule has 0 aromatic heterocycles. The highest BCUT2D eigenvalue weighted by atomic mass is 35.5. The predicted octanol–water partition coefficient (Wildman–Crippen LogP) is 1.35. The lowest BCUT2D eigenvalue weighted by atomic mass is 10.3. The zero-order valence-electron chi connectivity index (χ0n) is 9.68. The number of hydrogen-bond acceptors (Lipinski definition) is 5. The van der Waals surface area contributed by atoms with E-state index in [0.29, 0.717) is 0 Å². The SMILES string of the molecule is COC(=O)C(C)S(=O)(=O)Nc1ccc(Cl)cc1O. The number of methoxy groups -OCH3 is 1. The van der Waals surface area contributed by atoms with Gasteiger partial charge in [0.15, 0.2) is 5.25 Å². The van der Waals surface area contributed by atoms with Crippen LogP contribution in [0.4, 0.5) is 5.69 Å². The monoisotopic (exact) mass is 293 g/mol. The molecule has 0 fully saturated rings. The number of carbonyl (C=O) groups excluding carboxylic acids is 1. The summed E-state index contributed by atoms with van der Waals surface area (Å²) in [6.45, 7) is 1.18. The molecule has 1 unspecified atom stereocenters. The summed E-state index contributed by atoms with van der Waals surface area (Å²) in [7, 11) is -2.90. The van der Waals surface area contributed by atoms with Crippen molar-refractivity contribution in [1.29, 1.82) is 0 Å². The van der Waals surface area contributed by atoms with E-state index in [1.165, 1.54) is 25.1 Å². The summed E-state index contributed by atoms with van der Waals surface area (Å²) in [5.41, 5.74) is -0.0600. The summed E-state index contributed by atoms with van der Waals surface area (Å²) < 4.78 is 30.0. The highest BCUT2D eigenvalue weighted by Crippen LogP contribution is 2.28. The van der Waals surface area contributed by atoms with Gasteiger partial charge in [-0.2, -0.15) is 0 Å². The second-order valence-corrected chi connectivity index (χ2v) is 5.91. The van der Waals surface area contributed by atoms with Gasteiger partial charge < -0.3 is 9.84 Å². The number of esters is 1. The first kappa shape index (κ1) is 14.6. The number of hydrogen-bond donors (Lipinski definition) is 2. The first-order chi connectivity index (χ1) is 8.27. The standard InChI is InChI=1S/C10H12ClNO5S/c1-6(10(14)17-2)18(15,16)12-8-4-3-7(11)5-9(8)13/h3-6,12-13H,1-2H3. The number of halogens is 1. The number of anilines is 1. The van der Waals surface area contributed by atoms with Crippen LogP contribution in [0, 0.1) is 0 Å². The van der Waals surface area contributed by atoms with E-state index in [1.54, 1.807) is 0 Å². The number of phenolic OH excluding ortho intramolecular Hbond substituents is 1. The Balaban J connectivity index is 2.99. The molecule has 1 aromatic rings. The van der Waals surface area contributed by atoms with Crippen LogP contribution >= 0.6 is 11.6 Å². The molecule has 18 heavy (non-hydrogen) atoms. The van der Waals surface area contributed by atoms with Crippen molar-refractivity contribution in [2.24, 2.45) is 0 Å². The first-order valence-electron chi connectivity index (χ1n) is 4.86. The van der Waals surface area contributed by atoms with Gasteiger partial charge in [-0.25, -0.2) is 8.42 Å². The molecule has 0 aliphatic heterocycles. The number of sulfonamides is 1. The molecule has 0 saturated carbocycles. The summed E-state index contributed by atoms with van der Waals surface area (Å²) in [5, 5.41) is 8.37. The average molecular weight is 294 g/mol. The van der Waals surface area contributed by atoms with Gasteiger partial charge in [0.1, 0.15) is 5.75 Å². The summed E-state index contributed by atoms with van der Waals surface area (Å²) >= 11 is 5.61. The largest absolute Gasteiger partial charge is 0.506 e. The van der Waals surface area contributed by atoms with E-state index >= 15 is 0 Å². The van der Waals surface area contributed by atoms with Gasteiger partial charge in [-0.1, -0.05) is 11.6 Å². The van der Waals surface area contributed by atoms with Crippen molar-refractivity contribution in [1.82, 2.24) is 0 Å². The van der Waals surface area contributed by atoms with E-state index in [4.69, 9.17) is 11.6 Å². The maximum absolute atomic E-state index is 11.8. The van der Waals surface area contributed by atoms with Crippen LogP contribution in [0.25, 0.3) is 0 Å². The number of ether oxygens (including phenoxy) is 1. The molecule has 0 aliphatic rings. The Bertz CT molecular complexity index is 557. The molecule has 0 spiro atoms. The summed E-state index contributed by atoms with van der Waals surface area (Å²) in [5.74, 6) is -1.22. The van der Waals surface area contributed by atoms with E-state index in [0.717, 1.165) is 7.11 Å². The number of rotatable bonds is 4. The lowest BCUT2D eigenvalue weighted by Crippen LogP contribution is -2.33. The molecule has 0 saturated heterocycles. The number of aromatic hydroxyl groups is 1. The van der Waals surface area contributed by atoms with Crippen LogP contribution in [0.1, 0.15) is 6.92 Å². The highest BCUT2D eigenvalue weighted by molar-refractivity contribution is 7.94. The molecule has 0 amide bonds. The fourth-order valence-corrected chi connectivity index (χ4v) is 2.30. The minimum absolute atomic E-state index is 0.0600. The van der Waals surface area contributed by atoms with E-state index < -0.39 is 21.2 Å². The van der Waals surface area contributed by atoms with Crippen molar-refractivity contribution in [3.8, 4) is 5.75 Å². The number of nitrogens with one attached hydrogen (secondary N) is 1. The van der Waals surface area contributed by atoms with Gasteiger partial charge in [-0.3, -0.25) is 9.52 Å². The van der Waals surface area contributed by atoms with E-state index in [9.17, 15) is 18.3 Å². The third kappa shape index (κ3) is 3.27. The quantitative estimate of drug-likeness (QED) is 0.646. The smallest absolute Gasteiger partial charge is 0.325 e. The lowest BCUT2D eigenvalue weighted by Gasteiger charge is -2.13. The van der Waals surface area contributed by atoms with Crippen LogP contribution in [-0.4, -0.2) is 31.9 Å². The van der Waals surface area contributed by atoms with E-state index in [2.05, 4.69) is 9.46 Å². The Morgan fingerprint density at radius 2 is 2.11 bits per heavy atom. The zero-order chi connectivity index (χ0) is 13.9. The van der Waals surface area contributed by atoms with Crippen molar-refractivity contribution < 1.29 is 23.1 Å². The number of benzene rings is 1. The molecular weight excluding hydrogens is 282 g/mol. The van der Waals surface area contributed by atoms with Crippen LogP contribution in [-0.2, 0) is 19.6 Å². The molecule has 0 heterocycles. The fourth-order valence-electron chi connectivity index (χ4n) is 1.13. The molecule has 0 radical (unpaired) electrons. The average Bonchev–Trinajstić information content (AvgIpc) is 2.30. The van der Waals surface area contributed by atoms with Gasteiger partial charge in [-0.05, 0) is 19.1 Å². The molecule has 0 aliphatic carbocycles. The molecule has 1 atom stereocenters. The van der Waals surface area contributed by atoms with Gasteiger partial charge in [0, 0.05) is 11.1 Å². The molecule has 100 valence electrons. The van der Waals surface area contributed by atoms with Crippen LogP contribution < -0.4 is 4.72 Å². The second-order valence-electron chi connectivity index (χ2n) is 3.47. The maximum Gasteiger partial charge on any atom is 0.325 e. The molecule has 6 nitrogen and oxygen atoms in total. The Morgan fingerprint density at radius 1 is 1.50 bits per heavy atom. The van der Waals surface area contributed by atoms with Gasteiger partial charge >= 0.3 is 5.97 Å². The highest BCUT2D eigenvalue weighted by Gasteiger charge is 2.29. The minimum Gasteiger partial charge on any atom is -0.506 e. The Morgan fingerprint density at radius 3 is 2.61 bits per heavy atom. The zero-order valence-corrected chi connectivity index (χ0v) is 11.2. The molecule has 8 heteroatoms. The van der Waals surface area contributed by atoms with E-state index in [1.807, 2.05) is 0 Å². The van der Waals surface area contributed by atoms with Gasteiger partial charge in [-0.15, -0.1) is 0 Å². The Hall–Kier alpha value is -1.47. The van der Waals surface area contributed by atoms with Gasteiger partial charge in [0.25, 0.3) is 0 Å². The molecular formula is C10H12ClNO5S. The van der Waals surface area contributed by atoms with Crippen LogP contribution in [0.15, 0.2) is 18.2 Å². The summed E-state index contributed by atoms with van der Waals surface area (Å²) in [6, 6.07) is 3.88. The van der Waals surface area contributed by atoms with Gasteiger partial charge in [0.05, 0.1) is 12.8 Å². The van der Waals surface area contributed by atoms with Crippen LogP contribution in [0.3, 0.4) is 0 Å². The first-order valence-corrected chi connectivity index (χ1v) is 6.78. The van der Waals surface area contributed by atoms with Crippen molar-refractivity contribution >= 4 is 33.3 Å². The number of phenols is 1. The van der Waals surface area contributed by atoms with Crippen molar-refractivity contribution in [3.05, 3.63) is 23.2 Å². The van der Waals surface area contributed by atoms with Crippen LogP contribution in [0.2, 0.25) is 5.02 Å². The summed E-state index contributed by atoms with van der Waals surface area (Å²) in [4.78, 5) is 11.2. The molecule has 1 aromatic carbocycles. The third-order valence-corrected chi connectivity index (χ3v) is 4.07. The minimum atomic E-state index is -3.99. The molecule has 0 bridgehead atoms. The second kappa shape index (κ2) is 5.45. The molecule has 2 N–H and O–H groups in total.